The van der Waals surface area contributed by atoms with Crippen LogP contribution in [0, 0.1) is 0 Å². The van der Waals surface area contributed by atoms with E-state index in [1.165, 1.54) is 18.2 Å². The Morgan fingerprint density at radius 2 is 1.71 bits per heavy atom. The number of rotatable bonds is 5. The van der Waals surface area contributed by atoms with Crippen LogP contribution in [0.2, 0.25) is 10.0 Å². The van der Waals surface area contributed by atoms with Gasteiger partial charge in [0.1, 0.15) is 5.75 Å². The van der Waals surface area contributed by atoms with E-state index in [0.717, 1.165) is 0 Å². The topological polar surface area (TPSA) is 69.4 Å². The van der Waals surface area contributed by atoms with Crippen LogP contribution in [0.5, 0.6) is 5.75 Å². The zero-order valence-corrected chi connectivity index (χ0v) is 12.3. The lowest BCUT2D eigenvalue weighted by Crippen LogP contribution is -2.13. The third-order valence-electron chi connectivity index (χ3n) is 2.74. The molecule has 0 bridgehead atoms. The Kier molecular flexibility index (Phi) is 4.83. The maximum atomic E-state index is 12.0. The van der Waals surface area contributed by atoms with Crippen LogP contribution < -0.4 is 10.5 Å². The molecule has 0 saturated heterocycles. The number of halogens is 2. The van der Waals surface area contributed by atoms with Gasteiger partial charge >= 0.3 is 0 Å². The number of ether oxygens (including phenoxy) is 1. The van der Waals surface area contributed by atoms with Gasteiger partial charge in [-0.15, -0.1) is 0 Å². The largest absolute Gasteiger partial charge is 0.485 e. The number of ketones is 1. The average Bonchev–Trinajstić information content (AvgIpc) is 2.45. The molecule has 2 aromatic rings. The van der Waals surface area contributed by atoms with Gasteiger partial charge in [-0.2, -0.15) is 0 Å². The van der Waals surface area contributed by atoms with Crippen LogP contribution in [0.25, 0.3) is 0 Å². The minimum atomic E-state index is -0.523. The van der Waals surface area contributed by atoms with Crippen LogP contribution in [0.15, 0.2) is 42.5 Å². The third-order valence-corrected chi connectivity index (χ3v) is 3.29. The standard InChI is InChI=1S/C15H11Cl2NO3/c16-10-3-6-12(13(17)7-10)14(19)8-21-11-4-1-9(2-5-11)15(18)20/h1-7H,8H2,(H2,18,20). The Labute approximate surface area is 131 Å². The number of benzene rings is 2. The van der Waals surface area contributed by atoms with E-state index in [0.29, 0.717) is 21.9 Å². The quantitative estimate of drug-likeness (QED) is 0.858. The first-order chi connectivity index (χ1) is 9.97. The smallest absolute Gasteiger partial charge is 0.248 e. The molecule has 0 saturated carbocycles. The summed E-state index contributed by atoms with van der Waals surface area (Å²) >= 11 is 11.7. The molecule has 108 valence electrons. The number of Topliss-reactive ketones (excluding diaryl/α,β-unsaturated/α-hetero) is 1. The molecule has 0 unspecified atom stereocenters. The lowest BCUT2D eigenvalue weighted by Gasteiger charge is -2.07. The first-order valence-corrected chi connectivity index (χ1v) is 6.74. The molecule has 0 aliphatic carbocycles. The van der Waals surface area contributed by atoms with Crippen molar-refractivity contribution in [2.75, 3.05) is 6.61 Å². The Balaban J connectivity index is 2.02. The predicted octanol–water partition coefficient (Wildman–Crippen LogP) is 3.35. The van der Waals surface area contributed by atoms with Crippen molar-refractivity contribution in [1.82, 2.24) is 0 Å². The molecular weight excluding hydrogens is 313 g/mol. The van der Waals surface area contributed by atoms with Gasteiger partial charge in [-0.3, -0.25) is 9.59 Å². The van der Waals surface area contributed by atoms with Gasteiger partial charge in [0.05, 0.1) is 5.02 Å². The van der Waals surface area contributed by atoms with Crippen molar-refractivity contribution in [2.24, 2.45) is 5.73 Å². The van der Waals surface area contributed by atoms with Crippen LogP contribution in [-0.4, -0.2) is 18.3 Å². The summed E-state index contributed by atoms with van der Waals surface area (Å²) in [7, 11) is 0. The van der Waals surface area contributed by atoms with Crippen molar-refractivity contribution in [3.8, 4) is 5.75 Å². The van der Waals surface area contributed by atoms with Crippen molar-refractivity contribution in [3.05, 3.63) is 63.6 Å². The SMILES string of the molecule is NC(=O)c1ccc(OCC(=O)c2ccc(Cl)cc2Cl)cc1. The first-order valence-electron chi connectivity index (χ1n) is 5.98. The van der Waals surface area contributed by atoms with Crippen molar-refractivity contribution < 1.29 is 14.3 Å². The van der Waals surface area contributed by atoms with E-state index >= 15 is 0 Å². The average molecular weight is 324 g/mol. The molecule has 0 radical (unpaired) electrons. The van der Waals surface area contributed by atoms with Gasteiger partial charge in [0, 0.05) is 16.1 Å². The number of amides is 1. The van der Waals surface area contributed by atoms with Gasteiger partial charge in [-0.05, 0) is 42.5 Å². The minimum absolute atomic E-state index is 0.169. The number of carbonyl (C=O) groups is 2. The molecule has 1 amide bonds. The zero-order valence-electron chi connectivity index (χ0n) is 10.8. The lowest BCUT2D eigenvalue weighted by molar-refractivity contribution is 0.0920. The highest BCUT2D eigenvalue weighted by Crippen LogP contribution is 2.21. The molecule has 0 atom stereocenters. The second kappa shape index (κ2) is 6.61. The van der Waals surface area contributed by atoms with E-state index in [-0.39, 0.29) is 17.4 Å². The second-order valence-electron chi connectivity index (χ2n) is 4.22. The number of hydrogen-bond donors (Lipinski definition) is 1. The Hall–Kier alpha value is -2.04. The van der Waals surface area contributed by atoms with Gasteiger partial charge in [-0.1, -0.05) is 23.2 Å². The Bertz CT molecular complexity index is 684. The molecular formula is C15H11Cl2NO3. The summed E-state index contributed by atoms with van der Waals surface area (Å²) in [5.74, 6) is -0.334. The van der Waals surface area contributed by atoms with Crippen LogP contribution in [-0.2, 0) is 0 Å². The van der Waals surface area contributed by atoms with E-state index < -0.39 is 5.91 Å². The number of hydrogen-bond acceptors (Lipinski definition) is 3. The summed E-state index contributed by atoms with van der Waals surface area (Å²) in [6, 6.07) is 10.8. The van der Waals surface area contributed by atoms with Crippen molar-refractivity contribution >= 4 is 34.9 Å². The summed E-state index contributed by atoms with van der Waals surface area (Å²) in [4.78, 5) is 22.9. The molecule has 2 rings (SSSR count). The van der Waals surface area contributed by atoms with Crippen LogP contribution in [0.4, 0.5) is 0 Å². The first kappa shape index (κ1) is 15.4. The fourth-order valence-corrected chi connectivity index (χ4v) is 2.17. The van der Waals surface area contributed by atoms with Gasteiger partial charge in [0.25, 0.3) is 0 Å². The number of carbonyl (C=O) groups excluding carboxylic acids is 2. The molecule has 21 heavy (non-hydrogen) atoms. The molecule has 0 spiro atoms. The molecule has 4 nitrogen and oxygen atoms in total. The summed E-state index contributed by atoms with van der Waals surface area (Å²) in [6.07, 6.45) is 0. The summed E-state index contributed by atoms with van der Waals surface area (Å²) in [6.45, 7) is -0.169. The highest BCUT2D eigenvalue weighted by atomic mass is 35.5. The third kappa shape index (κ3) is 3.97. The van der Waals surface area contributed by atoms with Crippen LogP contribution in [0.1, 0.15) is 20.7 Å². The maximum absolute atomic E-state index is 12.0. The van der Waals surface area contributed by atoms with Crippen molar-refractivity contribution in [1.29, 1.82) is 0 Å². The molecule has 2 aromatic carbocycles. The predicted molar refractivity (Wildman–Crippen MR) is 81.2 cm³/mol. The van der Waals surface area contributed by atoms with E-state index in [2.05, 4.69) is 0 Å². The van der Waals surface area contributed by atoms with Crippen molar-refractivity contribution in [3.63, 3.8) is 0 Å². The highest BCUT2D eigenvalue weighted by molar-refractivity contribution is 6.36. The summed E-state index contributed by atoms with van der Waals surface area (Å²) in [5.41, 5.74) is 5.84. The molecule has 0 heterocycles. The minimum Gasteiger partial charge on any atom is -0.485 e. The van der Waals surface area contributed by atoms with Gasteiger partial charge in [0.2, 0.25) is 11.7 Å². The zero-order chi connectivity index (χ0) is 15.4. The maximum Gasteiger partial charge on any atom is 0.248 e. The normalized spacial score (nSPS) is 10.2. The molecule has 0 aromatic heterocycles. The van der Waals surface area contributed by atoms with Gasteiger partial charge in [-0.25, -0.2) is 0 Å². The summed E-state index contributed by atoms with van der Waals surface area (Å²) in [5, 5.41) is 0.736. The van der Waals surface area contributed by atoms with Crippen LogP contribution >= 0.6 is 23.2 Å². The summed E-state index contributed by atoms with van der Waals surface area (Å²) < 4.78 is 5.35. The Morgan fingerprint density at radius 3 is 2.29 bits per heavy atom. The molecule has 6 heteroatoms. The molecule has 0 aliphatic heterocycles. The van der Waals surface area contributed by atoms with Crippen LogP contribution in [0.3, 0.4) is 0 Å². The van der Waals surface area contributed by atoms with E-state index in [1.54, 1.807) is 24.3 Å². The highest BCUT2D eigenvalue weighted by Gasteiger charge is 2.11. The van der Waals surface area contributed by atoms with E-state index in [9.17, 15) is 9.59 Å². The molecule has 2 N–H and O–H groups in total. The molecule has 0 aliphatic rings. The van der Waals surface area contributed by atoms with E-state index in [4.69, 9.17) is 33.7 Å². The monoisotopic (exact) mass is 323 g/mol. The van der Waals surface area contributed by atoms with Crippen molar-refractivity contribution in [2.45, 2.75) is 0 Å². The second-order valence-corrected chi connectivity index (χ2v) is 5.07. The lowest BCUT2D eigenvalue weighted by atomic mass is 10.1. The van der Waals surface area contributed by atoms with Gasteiger partial charge in [0.15, 0.2) is 6.61 Å². The van der Waals surface area contributed by atoms with E-state index in [1.807, 2.05) is 0 Å². The number of nitrogens with two attached hydrogens (primary N) is 1. The fourth-order valence-electron chi connectivity index (χ4n) is 1.66. The fraction of sp³-hybridized carbons (Fsp3) is 0.0667. The van der Waals surface area contributed by atoms with Gasteiger partial charge < -0.3 is 10.5 Å². The number of primary amides is 1. The Morgan fingerprint density at radius 1 is 1.05 bits per heavy atom. The molecule has 0 fully saturated rings.